The molecular formula is C11H17N3O4S. The Morgan fingerprint density at radius 1 is 1.42 bits per heavy atom. The number of rotatable bonds is 3. The van der Waals surface area contributed by atoms with Gasteiger partial charge in [-0.2, -0.15) is 9.29 Å². The van der Waals surface area contributed by atoms with E-state index in [1.165, 1.54) is 10.6 Å². The van der Waals surface area contributed by atoms with E-state index < -0.39 is 10.0 Å². The zero-order chi connectivity index (χ0) is 13.6. The lowest BCUT2D eigenvalue weighted by atomic mass is 9.90. The fourth-order valence-corrected chi connectivity index (χ4v) is 3.75. The van der Waals surface area contributed by atoms with Gasteiger partial charge in [-0.15, -0.1) is 0 Å². The number of hydrogen-bond acceptors (Lipinski definition) is 6. The molecule has 0 aromatic carbocycles. The molecule has 0 radical (unpaired) electrons. The predicted molar refractivity (Wildman–Crippen MR) is 65.9 cm³/mol. The summed E-state index contributed by atoms with van der Waals surface area (Å²) in [5, 5.41) is 3.77. The van der Waals surface area contributed by atoms with Crippen LogP contribution in [0.25, 0.3) is 0 Å². The summed E-state index contributed by atoms with van der Waals surface area (Å²) in [7, 11) is -3.13. The highest BCUT2D eigenvalue weighted by Gasteiger charge is 2.46. The van der Waals surface area contributed by atoms with Gasteiger partial charge >= 0.3 is 0 Å². The van der Waals surface area contributed by atoms with E-state index in [2.05, 4.69) is 10.1 Å². The van der Waals surface area contributed by atoms with E-state index >= 15 is 0 Å². The van der Waals surface area contributed by atoms with Gasteiger partial charge in [0.1, 0.15) is 0 Å². The average Bonchev–Trinajstić information content (AvgIpc) is 2.95. The van der Waals surface area contributed by atoms with Crippen LogP contribution >= 0.6 is 0 Å². The molecule has 0 spiro atoms. The van der Waals surface area contributed by atoms with Crippen molar-refractivity contribution >= 4 is 10.0 Å². The molecule has 0 aliphatic carbocycles. The molecule has 3 atom stereocenters. The Morgan fingerprint density at radius 2 is 2.21 bits per heavy atom. The Balaban J connectivity index is 1.69. The molecule has 0 amide bonds. The van der Waals surface area contributed by atoms with Crippen LogP contribution in [0.4, 0.5) is 0 Å². The van der Waals surface area contributed by atoms with E-state index in [9.17, 15) is 8.42 Å². The van der Waals surface area contributed by atoms with Crippen LogP contribution in [0.2, 0.25) is 0 Å². The number of aryl methyl sites for hydroxylation is 1. The van der Waals surface area contributed by atoms with E-state index in [4.69, 9.17) is 9.26 Å². The topological polar surface area (TPSA) is 85.5 Å². The summed E-state index contributed by atoms with van der Waals surface area (Å²) < 4.78 is 35.4. The van der Waals surface area contributed by atoms with Gasteiger partial charge in [-0.1, -0.05) is 5.16 Å². The van der Waals surface area contributed by atoms with Gasteiger partial charge < -0.3 is 9.26 Å². The molecule has 1 aromatic heterocycles. The van der Waals surface area contributed by atoms with Crippen molar-refractivity contribution in [1.29, 1.82) is 0 Å². The molecule has 2 fully saturated rings. The monoisotopic (exact) mass is 287 g/mol. The summed E-state index contributed by atoms with van der Waals surface area (Å²) in [6, 6.07) is 0. The molecule has 2 aliphatic heterocycles. The van der Waals surface area contributed by atoms with Crippen molar-refractivity contribution in [3.05, 3.63) is 11.7 Å². The molecule has 19 heavy (non-hydrogen) atoms. The molecule has 3 rings (SSSR count). The fraction of sp³-hybridized carbons (Fsp3) is 0.818. The minimum atomic E-state index is -3.13. The zero-order valence-electron chi connectivity index (χ0n) is 10.9. The number of aromatic nitrogens is 2. The second-order valence-corrected chi connectivity index (χ2v) is 7.30. The second-order valence-electron chi connectivity index (χ2n) is 5.32. The SMILES string of the molecule is Cc1noc(C[C@@H]2CO[C@H]3CN(S(C)(=O)=O)C[C@@H]23)n1. The van der Waals surface area contributed by atoms with E-state index in [1.54, 1.807) is 6.92 Å². The van der Waals surface area contributed by atoms with Crippen molar-refractivity contribution in [3.8, 4) is 0 Å². The molecule has 106 valence electrons. The highest BCUT2D eigenvalue weighted by molar-refractivity contribution is 7.88. The summed E-state index contributed by atoms with van der Waals surface area (Å²) in [6.07, 6.45) is 1.90. The molecular weight excluding hydrogens is 270 g/mol. The highest BCUT2D eigenvalue weighted by atomic mass is 32.2. The summed E-state index contributed by atoms with van der Waals surface area (Å²) in [5.41, 5.74) is 0. The first-order valence-electron chi connectivity index (χ1n) is 6.29. The molecule has 2 saturated heterocycles. The van der Waals surface area contributed by atoms with E-state index in [-0.39, 0.29) is 17.9 Å². The van der Waals surface area contributed by atoms with Crippen LogP contribution < -0.4 is 0 Å². The van der Waals surface area contributed by atoms with Gasteiger partial charge in [0, 0.05) is 25.4 Å². The number of fused-ring (bicyclic) bond motifs is 1. The number of ether oxygens (including phenoxy) is 1. The maximum Gasteiger partial charge on any atom is 0.227 e. The molecule has 0 N–H and O–H groups in total. The van der Waals surface area contributed by atoms with Crippen molar-refractivity contribution in [2.75, 3.05) is 26.0 Å². The first-order valence-corrected chi connectivity index (χ1v) is 8.14. The first kappa shape index (κ1) is 13.0. The van der Waals surface area contributed by atoms with Crippen molar-refractivity contribution in [3.63, 3.8) is 0 Å². The number of nitrogens with zero attached hydrogens (tertiary/aromatic N) is 3. The summed E-state index contributed by atoms with van der Waals surface area (Å²) in [4.78, 5) is 4.19. The largest absolute Gasteiger partial charge is 0.376 e. The van der Waals surface area contributed by atoms with Crippen molar-refractivity contribution in [1.82, 2.24) is 14.4 Å². The third-order valence-electron chi connectivity index (χ3n) is 3.88. The molecule has 1 aromatic rings. The third kappa shape index (κ3) is 2.52. The smallest absolute Gasteiger partial charge is 0.227 e. The van der Waals surface area contributed by atoms with Crippen LogP contribution in [0.3, 0.4) is 0 Å². The lowest BCUT2D eigenvalue weighted by Gasteiger charge is -2.16. The first-order chi connectivity index (χ1) is 8.93. The number of hydrogen-bond donors (Lipinski definition) is 0. The third-order valence-corrected chi connectivity index (χ3v) is 5.12. The van der Waals surface area contributed by atoms with Crippen LogP contribution in [-0.2, 0) is 21.2 Å². The summed E-state index contributed by atoms with van der Waals surface area (Å²) in [5.74, 6) is 1.69. The van der Waals surface area contributed by atoms with Crippen molar-refractivity contribution < 1.29 is 17.7 Å². The van der Waals surface area contributed by atoms with Gasteiger partial charge in [-0.3, -0.25) is 0 Å². The Labute approximate surface area is 112 Å². The lowest BCUT2D eigenvalue weighted by molar-refractivity contribution is 0.103. The standard InChI is InChI=1S/C11H17N3O4S/c1-7-12-11(18-13-7)3-8-6-17-10-5-14(4-9(8)10)19(2,15)16/h8-10H,3-6H2,1-2H3/t8-,9+,10+/m1/s1. The Hall–Kier alpha value is -0.990. The molecule has 8 heteroatoms. The maximum atomic E-state index is 11.6. The zero-order valence-corrected chi connectivity index (χ0v) is 11.8. The molecule has 3 heterocycles. The minimum Gasteiger partial charge on any atom is -0.376 e. The van der Waals surface area contributed by atoms with Gasteiger partial charge in [0.25, 0.3) is 0 Å². The number of sulfonamides is 1. The highest BCUT2D eigenvalue weighted by Crippen LogP contribution is 2.36. The molecule has 0 unspecified atom stereocenters. The lowest BCUT2D eigenvalue weighted by Crippen LogP contribution is -2.30. The van der Waals surface area contributed by atoms with Crippen LogP contribution in [0.1, 0.15) is 11.7 Å². The maximum absolute atomic E-state index is 11.6. The Morgan fingerprint density at radius 3 is 2.84 bits per heavy atom. The van der Waals surface area contributed by atoms with Crippen molar-refractivity contribution in [2.45, 2.75) is 19.4 Å². The van der Waals surface area contributed by atoms with Gasteiger partial charge in [0.2, 0.25) is 15.9 Å². The summed E-state index contributed by atoms with van der Waals surface area (Å²) in [6.45, 7) is 3.40. The second kappa shape index (κ2) is 4.53. The van der Waals surface area contributed by atoms with Gasteiger partial charge in [-0.05, 0) is 12.8 Å². The molecule has 0 bridgehead atoms. The minimum absolute atomic E-state index is 0.00347. The Kier molecular flexibility index (Phi) is 3.11. The summed E-state index contributed by atoms with van der Waals surface area (Å²) >= 11 is 0. The fourth-order valence-electron chi connectivity index (χ4n) is 2.89. The van der Waals surface area contributed by atoms with Crippen LogP contribution in [0.15, 0.2) is 4.52 Å². The van der Waals surface area contributed by atoms with Crippen LogP contribution in [0, 0.1) is 18.8 Å². The quantitative estimate of drug-likeness (QED) is 0.767. The van der Waals surface area contributed by atoms with Gasteiger partial charge in [0.05, 0.1) is 19.0 Å². The normalized spacial score (nSPS) is 31.8. The Bertz CT molecular complexity index is 570. The van der Waals surface area contributed by atoms with E-state index in [0.29, 0.717) is 37.8 Å². The molecule has 0 saturated carbocycles. The van der Waals surface area contributed by atoms with E-state index in [0.717, 1.165) is 0 Å². The molecule has 2 aliphatic rings. The van der Waals surface area contributed by atoms with Crippen molar-refractivity contribution in [2.24, 2.45) is 11.8 Å². The van der Waals surface area contributed by atoms with Crippen LogP contribution in [0.5, 0.6) is 0 Å². The van der Waals surface area contributed by atoms with E-state index in [1.807, 2.05) is 0 Å². The average molecular weight is 287 g/mol. The predicted octanol–water partition coefficient (Wildman–Crippen LogP) is -0.173. The molecule has 7 nitrogen and oxygen atoms in total. The van der Waals surface area contributed by atoms with Gasteiger partial charge in [0.15, 0.2) is 5.82 Å². The van der Waals surface area contributed by atoms with Crippen LogP contribution in [-0.4, -0.2) is 54.9 Å². The van der Waals surface area contributed by atoms with Gasteiger partial charge in [-0.25, -0.2) is 8.42 Å².